The fourth-order valence-corrected chi connectivity index (χ4v) is 6.83. The minimum absolute atomic E-state index is 0.220. The minimum atomic E-state index is -1.21. The van der Waals surface area contributed by atoms with E-state index in [1.165, 1.54) is 51.2 Å². The van der Waals surface area contributed by atoms with Crippen molar-refractivity contribution in [1.29, 1.82) is 0 Å². The van der Waals surface area contributed by atoms with Gasteiger partial charge in [-0.15, -0.1) is 0 Å². The Morgan fingerprint density at radius 3 is 2.65 bits per heavy atom. The van der Waals surface area contributed by atoms with Crippen molar-refractivity contribution < 1.29 is 24.9 Å². The van der Waals surface area contributed by atoms with Crippen molar-refractivity contribution in [1.82, 2.24) is 29.7 Å². The van der Waals surface area contributed by atoms with Crippen molar-refractivity contribution in [2.45, 2.75) is 81.9 Å². The number of ether oxygens (including phenoxy) is 1. The van der Waals surface area contributed by atoms with E-state index in [1.807, 2.05) is 0 Å². The number of carboxylic acids is 1. The number of carboxylic acid groups (broad SMARTS) is 1. The maximum atomic E-state index is 11.4. The normalized spacial score (nSPS) is 30.7. The first-order chi connectivity index (χ1) is 19.3. The Morgan fingerprint density at radius 1 is 1.10 bits per heavy atom. The molecule has 2 aromatic rings. The molecule has 13 nitrogen and oxygen atoms in total. The lowest BCUT2D eigenvalue weighted by molar-refractivity contribution is -0.138. The third-order valence-electron chi connectivity index (χ3n) is 8.95. The third kappa shape index (κ3) is 6.72. The van der Waals surface area contributed by atoms with E-state index in [0.717, 1.165) is 32.0 Å². The van der Waals surface area contributed by atoms with Gasteiger partial charge in [-0.05, 0) is 50.1 Å². The van der Waals surface area contributed by atoms with Gasteiger partial charge in [0, 0.05) is 19.6 Å². The molecule has 4 heterocycles. The summed E-state index contributed by atoms with van der Waals surface area (Å²) in [5, 5.41) is 34.8. The summed E-state index contributed by atoms with van der Waals surface area (Å²) in [6.45, 7) is 3.44. The lowest BCUT2D eigenvalue weighted by atomic mass is 9.78. The number of rotatable bonds is 11. The van der Waals surface area contributed by atoms with Crippen molar-refractivity contribution in [2.24, 2.45) is 23.5 Å². The molecule has 1 aliphatic carbocycles. The molecule has 3 aliphatic rings. The Morgan fingerprint density at radius 2 is 1.88 bits per heavy atom. The van der Waals surface area contributed by atoms with Gasteiger partial charge in [0.1, 0.15) is 36.2 Å². The fourth-order valence-electron chi connectivity index (χ4n) is 6.83. The van der Waals surface area contributed by atoms with Gasteiger partial charge < -0.3 is 41.7 Å². The van der Waals surface area contributed by atoms with Crippen molar-refractivity contribution in [3.63, 3.8) is 0 Å². The summed E-state index contributed by atoms with van der Waals surface area (Å²) in [6, 6.07) is -0.971. The molecule has 2 unspecified atom stereocenters. The SMILES string of the molecule is Nc1ncnc2c1ncn2[C@@H]1O[C@H](CN(CC[C@H](N)C(=O)O)CC2CNCC(CC3CCCCC3)C2)[C@@H](O)[C@H]1O. The number of nitrogens with zero attached hydrogens (tertiary/aromatic N) is 5. The van der Waals surface area contributed by atoms with E-state index in [-0.39, 0.29) is 12.2 Å². The smallest absolute Gasteiger partial charge is 0.320 e. The molecule has 2 aromatic heterocycles. The average molecular weight is 561 g/mol. The number of aliphatic hydroxyl groups is 2. The molecule has 8 N–H and O–H groups in total. The Labute approximate surface area is 234 Å². The van der Waals surface area contributed by atoms with E-state index in [4.69, 9.17) is 16.2 Å². The van der Waals surface area contributed by atoms with E-state index in [2.05, 4.69) is 25.2 Å². The first kappa shape index (κ1) is 29.1. The molecule has 0 radical (unpaired) electrons. The van der Waals surface area contributed by atoms with Crippen LogP contribution in [0.25, 0.3) is 11.2 Å². The molecule has 0 amide bonds. The van der Waals surface area contributed by atoms with Gasteiger partial charge in [-0.2, -0.15) is 0 Å². The lowest BCUT2D eigenvalue weighted by Gasteiger charge is -2.37. The number of anilines is 1. The summed E-state index contributed by atoms with van der Waals surface area (Å²) < 4.78 is 7.75. The van der Waals surface area contributed by atoms with Crippen molar-refractivity contribution in [3.8, 4) is 0 Å². The van der Waals surface area contributed by atoms with Crippen LogP contribution in [-0.2, 0) is 9.53 Å². The lowest BCUT2D eigenvalue weighted by Crippen LogP contribution is -2.47. The number of fused-ring (bicyclic) bond motifs is 1. The summed E-state index contributed by atoms with van der Waals surface area (Å²) in [5.74, 6) is 1.03. The number of carbonyl (C=O) groups is 1. The predicted molar refractivity (Wildman–Crippen MR) is 148 cm³/mol. The zero-order valence-corrected chi connectivity index (χ0v) is 23.0. The highest BCUT2D eigenvalue weighted by molar-refractivity contribution is 5.81. The van der Waals surface area contributed by atoms with Gasteiger partial charge in [0.2, 0.25) is 0 Å². The van der Waals surface area contributed by atoms with Crippen molar-refractivity contribution >= 4 is 23.0 Å². The first-order valence-electron chi connectivity index (χ1n) is 14.7. The average Bonchev–Trinajstić information content (AvgIpc) is 3.49. The molecular formula is C27H44N8O5. The van der Waals surface area contributed by atoms with Crippen LogP contribution in [0.1, 0.15) is 57.6 Å². The summed E-state index contributed by atoms with van der Waals surface area (Å²) in [5.41, 5.74) is 12.6. The second-order valence-electron chi connectivity index (χ2n) is 12.0. The molecule has 0 spiro atoms. The number of aliphatic carboxylic acids is 1. The van der Waals surface area contributed by atoms with E-state index in [1.54, 1.807) is 4.57 Å². The largest absolute Gasteiger partial charge is 0.480 e. The van der Waals surface area contributed by atoms with E-state index in [0.29, 0.717) is 36.1 Å². The quantitative estimate of drug-likeness (QED) is 0.220. The standard InChI is InChI=1S/C27H44N8O5/c28-19(27(38)39)6-7-34(12-18-9-17(10-30-11-18)8-16-4-2-1-3-5-16)13-20-22(36)23(37)26(40-20)35-15-33-21-24(29)31-14-32-25(21)35/h14-20,22-23,26,30,36-37H,1-13,28H2,(H,38,39)(H2,29,31,32)/t17?,18?,19-,20+,22+,23+,26+/m0/s1. The Kier molecular flexibility index (Phi) is 9.49. The fraction of sp³-hybridized carbons (Fsp3) is 0.778. The molecule has 2 saturated heterocycles. The maximum Gasteiger partial charge on any atom is 0.320 e. The van der Waals surface area contributed by atoms with Crippen LogP contribution in [0.5, 0.6) is 0 Å². The molecule has 40 heavy (non-hydrogen) atoms. The van der Waals surface area contributed by atoms with Gasteiger partial charge in [0.25, 0.3) is 0 Å². The minimum Gasteiger partial charge on any atom is -0.480 e. The summed E-state index contributed by atoms with van der Waals surface area (Å²) in [7, 11) is 0. The summed E-state index contributed by atoms with van der Waals surface area (Å²) in [6.07, 6.45) is 8.21. The summed E-state index contributed by atoms with van der Waals surface area (Å²) in [4.78, 5) is 26.0. The second kappa shape index (κ2) is 13.0. The Bertz CT molecular complexity index is 1130. The number of nitrogens with one attached hydrogen (secondary N) is 1. The molecule has 7 atom stereocenters. The second-order valence-corrected chi connectivity index (χ2v) is 12.0. The monoisotopic (exact) mass is 560 g/mol. The van der Waals surface area contributed by atoms with Crippen LogP contribution in [0.3, 0.4) is 0 Å². The highest BCUT2D eigenvalue weighted by Gasteiger charge is 2.45. The molecule has 0 aromatic carbocycles. The van der Waals surface area contributed by atoms with Crippen LogP contribution >= 0.6 is 0 Å². The Balaban J connectivity index is 1.25. The van der Waals surface area contributed by atoms with Gasteiger partial charge in [-0.1, -0.05) is 32.1 Å². The van der Waals surface area contributed by atoms with Gasteiger partial charge in [0.05, 0.1) is 6.33 Å². The summed E-state index contributed by atoms with van der Waals surface area (Å²) >= 11 is 0. The number of nitrogens with two attached hydrogens (primary N) is 2. The molecule has 5 rings (SSSR count). The van der Waals surface area contributed by atoms with Crippen LogP contribution in [-0.4, -0.2) is 103 Å². The highest BCUT2D eigenvalue weighted by atomic mass is 16.6. The van der Waals surface area contributed by atoms with E-state index >= 15 is 0 Å². The maximum absolute atomic E-state index is 11.4. The number of aliphatic hydroxyl groups excluding tert-OH is 2. The zero-order valence-electron chi connectivity index (χ0n) is 23.0. The van der Waals surface area contributed by atoms with Gasteiger partial charge in [-0.25, -0.2) is 15.0 Å². The molecular weight excluding hydrogens is 516 g/mol. The molecule has 1 saturated carbocycles. The van der Waals surface area contributed by atoms with Gasteiger partial charge >= 0.3 is 5.97 Å². The van der Waals surface area contributed by atoms with Crippen molar-refractivity contribution in [2.75, 3.05) is 38.5 Å². The van der Waals surface area contributed by atoms with Crippen molar-refractivity contribution in [3.05, 3.63) is 12.7 Å². The van der Waals surface area contributed by atoms with Gasteiger partial charge in [-0.3, -0.25) is 9.36 Å². The van der Waals surface area contributed by atoms with Crippen LogP contribution in [0.15, 0.2) is 12.7 Å². The molecule has 222 valence electrons. The topological polar surface area (TPSA) is 198 Å². The molecule has 2 aliphatic heterocycles. The van der Waals surface area contributed by atoms with E-state index in [9.17, 15) is 20.1 Å². The number of piperidine rings is 1. The zero-order chi connectivity index (χ0) is 28.2. The van der Waals surface area contributed by atoms with Crippen LogP contribution < -0.4 is 16.8 Å². The van der Waals surface area contributed by atoms with Crippen LogP contribution in [0.4, 0.5) is 5.82 Å². The molecule has 13 heteroatoms. The van der Waals surface area contributed by atoms with Crippen LogP contribution in [0, 0.1) is 17.8 Å². The first-order valence-corrected chi connectivity index (χ1v) is 14.7. The van der Waals surface area contributed by atoms with Crippen LogP contribution in [0.2, 0.25) is 0 Å². The predicted octanol–water partition coefficient (Wildman–Crippen LogP) is 0.328. The third-order valence-corrected chi connectivity index (χ3v) is 8.95. The number of aromatic nitrogens is 4. The van der Waals surface area contributed by atoms with E-state index < -0.39 is 36.6 Å². The Hall–Kier alpha value is -2.42. The number of hydrogen-bond acceptors (Lipinski definition) is 11. The van der Waals surface area contributed by atoms with Gasteiger partial charge in [0.15, 0.2) is 17.7 Å². The molecule has 3 fully saturated rings. The molecule has 0 bridgehead atoms. The number of hydrogen-bond donors (Lipinski definition) is 6. The number of nitrogen functional groups attached to an aromatic ring is 1. The number of imidazole rings is 1. The highest BCUT2D eigenvalue weighted by Crippen LogP contribution is 2.34.